The van der Waals surface area contributed by atoms with Crippen LogP contribution in [0.4, 0.5) is 17.6 Å². The molecule has 0 atom stereocenters. The number of furan rings is 1. The van der Waals surface area contributed by atoms with Crippen LogP contribution in [-0.4, -0.2) is 46.0 Å². The number of carbonyl (C=O) groups is 2. The van der Waals surface area contributed by atoms with Crippen LogP contribution in [0.2, 0.25) is 0 Å². The van der Waals surface area contributed by atoms with Crippen LogP contribution in [0.1, 0.15) is 17.7 Å². The Morgan fingerprint density at radius 3 is 2.69 bits per heavy atom. The first-order valence-corrected chi connectivity index (χ1v) is 10.3. The summed E-state index contributed by atoms with van der Waals surface area (Å²) in [4.78, 5) is 24.6. The number of nitrogens with zero attached hydrogens (tertiary/aromatic N) is 1. The highest BCUT2D eigenvalue weighted by atomic mass is 32.2. The van der Waals surface area contributed by atoms with Gasteiger partial charge in [-0.1, -0.05) is 24.0 Å². The van der Waals surface area contributed by atoms with E-state index in [0.29, 0.717) is 12.1 Å². The molecule has 1 aromatic heterocycles. The van der Waals surface area contributed by atoms with Gasteiger partial charge in [-0.2, -0.15) is 13.2 Å². The molecular formula is C20H15F4NO5S2. The fourth-order valence-corrected chi connectivity index (χ4v) is 4.01. The number of alkyl halides is 3. The first kappa shape index (κ1) is 24.0. The van der Waals surface area contributed by atoms with Gasteiger partial charge in [0, 0.05) is 11.6 Å². The summed E-state index contributed by atoms with van der Waals surface area (Å²) in [5.74, 6) is -2.50. The second-order valence-electron chi connectivity index (χ2n) is 6.48. The number of aliphatic carboxylic acids is 1. The van der Waals surface area contributed by atoms with Crippen molar-refractivity contribution in [3.8, 4) is 11.3 Å². The molecule has 32 heavy (non-hydrogen) atoms. The minimum absolute atomic E-state index is 0.00851. The number of ether oxygens (including phenoxy) is 1. The third kappa shape index (κ3) is 5.75. The van der Waals surface area contributed by atoms with E-state index < -0.39 is 29.4 Å². The van der Waals surface area contributed by atoms with Gasteiger partial charge in [-0.05, 0) is 30.3 Å². The third-order valence-corrected chi connectivity index (χ3v) is 5.63. The van der Waals surface area contributed by atoms with Crippen molar-refractivity contribution in [3.63, 3.8) is 0 Å². The number of carboxylic acids is 1. The van der Waals surface area contributed by atoms with Crippen molar-refractivity contribution < 1.29 is 41.4 Å². The van der Waals surface area contributed by atoms with Crippen molar-refractivity contribution in [1.29, 1.82) is 0 Å². The molecule has 1 saturated heterocycles. The van der Waals surface area contributed by atoms with E-state index in [4.69, 9.17) is 26.5 Å². The largest absolute Gasteiger partial charge is 0.481 e. The molecule has 2 heterocycles. The van der Waals surface area contributed by atoms with Crippen LogP contribution in [0.25, 0.3) is 17.4 Å². The molecule has 6 nitrogen and oxygen atoms in total. The Bertz CT molecular complexity index is 1080. The molecule has 1 amide bonds. The molecule has 0 spiro atoms. The van der Waals surface area contributed by atoms with Crippen LogP contribution in [0, 0.1) is 5.82 Å². The Balaban J connectivity index is 1.69. The fourth-order valence-electron chi connectivity index (χ4n) is 2.72. The highest BCUT2D eigenvalue weighted by Gasteiger charge is 2.35. The summed E-state index contributed by atoms with van der Waals surface area (Å²) >= 11 is 6.20. The monoisotopic (exact) mass is 489 g/mol. The molecule has 170 valence electrons. The maximum Gasteiger partial charge on any atom is 0.419 e. The minimum atomic E-state index is -4.85. The normalized spacial score (nSPS) is 15.8. The molecule has 1 aliphatic rings. The van der Waals surface area contributed by atoms with Gasteiger partial charge in [0.25, 0.3) is 5.91 Å². The number of thiocarbonyl (C=S) groups is 1. The van der Waals surface area contributed by atoms with E-state index in [9.17, 15) is 27.2 Å². The van der Waals surface area contributed by atoms with E-state index in [1.807, 2.05) is 0 Å². The van der Waals surface area contributed by atoms with E-state index in [2.05, 4.69) is 0 Å². The van der Waals surface area contributed by atoms with Crippen molar-refractivity contribution in [2.75, 3.05) is 19.8 Å². The van der Waals surface area contributed by atoms with Crippen molar-refractivity contribution >= 4 is 46.3 Å². The summed E-state index contributed by atoms with van der Waals surface area (Å²) in [6.07, 6.45) is -3.60. The van der Waals surface area contributed by atoms with E-state index in [-0.39, 0.29) is 52.5 Å². The fraction of sp³-hybridized carbons (Fsp3) is 0.250. The number of carboxylic acid groups (broad SMARTS) is 1. The number of halogens is 4. The van der Waals surface area contributed by atoms with E-state index in [0.717, 1.165) is 17.8 Å². The Hall–Kier alpha value is -2.70. The molecule has 2 aromatic rings. The summed E-state index contributed by atoms with van der Waals surface area (Å²) < 4.78 is 63.2. The van der Waals surface area contributed by atoms with Crippen LogP contribution in [0.5, 0.6) is 0 Å². The standard InChI is InChI=1S/C20H15F4NO5S2/c21-14-3-1-11(9-13(14)20(22,23)24)15-4-2-12(30-15)10-16-18(28)25(19(31)32-16)6-8-29-7-5-17(26)27/h1-4,9-10H,5-8H2,(H,26,27)/b16-10-. The van der Waals surface area contributed by atoms with Crippen LogP contribution >= 0.6 is 24.0 Å². The first-order chi connectivity index (χ1) is 15.1. The van der Waals surface area contributed by atoms with Gasteiger partial charge in [-0.3, -0.25) is 14.5 Å². The lowest BCUT2D eigenvalue weighted by Gasteiger charge is -2.14. The van der Waals surface area contributed by atoms with E-state index in [1.165, 1.54) is 23.1 Å². The van der Waals surface area contributed by atoms with E-state index >= 15 is 0 Å². The van der Waals surface area contributed by atoms with Gasteiger partial charge in [-0.25, -0.2) is 4.39 Å². The predicted molar refractivity (Wildman–Crippen MR) is 112 cm³/mol. The quantitative estimate of drug-likeness (QED) is 0.247. The summed E-state index contributed by atoms with van der Waals surface area (Å²) in [6, 6.07) is 5.41. The smallest absolute Gasteiger partial charge is 0.419 e. The van der Waals surface area contributed by atoms with Crippen LogP contribution < -0.4 is 0 Å². The number of thioether (sulfide) groups is 1. The lowest BCUT2D eigenvalue weighted by molar-refractivity contribution is -0.140. The zero-order chi connectivity index (χ0) is 23.5. The molecule has 12 heteroatoms. The Morgan fingerprint density at radius 1 is 1.25 bits per heavy atom. The van der Waals surface area contributed by atoms with Gasteiger partial charge in [0.15, 0.2) is 0 Å². The van der Waals surface area contributed by atoms with Gasteiger partial charge in [0.1, 0.15) is 21.7 Å². The molecule has 3 rings (SSSR count). The molecule has 0 unspecified atom stereocenters. The molecule has 1 aliphatic heterocycles. The molecule has 1 N–H and O–H groups in total. The lowest BCUT2D eigenvalue weighted by Crippen LogP contribution is -2.31. The van der Waals surface area contributed by atoms with Gasteiger partial charge in [-0.15, -0.1) is 0 Å². The molecule has 1 aromatic carbocycles. The van der Waals surface area contributed by atoms with Crippen LogP contribution in [0.3, 0.4) is 0 Å². The average Bonchev–Trinajstić information content (AvgIpc) is 3.27. The second kappa shape index (κ2) is 9.84. The van der Waals surface area contributed by atoms with E-state index in [1.54, 1.807) is 0 Å². The summed E-state index contributed by atoms with van der Waals surface area (Å²) in [5.41, 5.74) is -1.37. The third-order valence-electron chi connectivity index (χ3n) is 4.25. The number of hydrogen-bond donors (Lipinski definition) is 1. The zero-order valence-corrected chi connectivity index (χ0v) is 17.8. The summed E-state index contributed by atoms with van der Waals surface area (Å²) in [7, 11) is 0. The highest BCUT2D eigenvalue weighted by Crippen LogP contribution is 2.36. The number of rotatable bonds is 8. The van der Waals surface area contributed by atoms with Crippen molar-refractivity contribution in [2.24, 2.45) is 0 Å². The summed E-state index contributed by atoms with van der Waals surface area (Å²) in [6.45, 7) is 0.249. The topological polar surface area (TPSA) is 80.0 Å². The molecule has 0 bridgehead atoms. The van der Waals surface area contributed by atoms with Crippen molar-refractivity contribution in [2.45, 2.75) is 12.6 Å². The lowest BCUT2D eigenvalue weighted by atomic mass is 10.1. The number of benzene rings is 1. The number of hydrogen-bond acceptors (Lipinski definition) is 6. The van der Waals surface area contributed by atoms with Crippen LogP contribution in [0.15, 0.2) is 39.7 Å². The zero-order valence-electron chi connectivity index (χ0n) is 16.1. The molecule has 0 radical (unpaired) electrons. The van der Waals surface area contributed by atoms with Gasteiger partial charge in [0.2, 0.25) is 0 Å². The van der Waals surface area contributed by atoms with Gasteiger partial charge in [0.05, 0.1) is 36.6 Å². The Kier molecular flexibility index (Phi) is 7.36. The number of carbonyl (C=O) groups excluding carboxylic acids is 1. The maximum atomic E-state index is 13.5. The van der Waals surface area contributed by atoms with Crippen molar-refractivity contribution in [3.05, 3.63) is 52.4 Å². The Morgan fingerprint density at radius 2 is 2.00 bits per heavy atom. The van der Waals surface area contributed by atoms with Gasteiger partial charge >= 0.3 is 12.1 Å². The highest BCUT2D eigenvalue weighted by molar-refractivity contribution is 8.26. The van der Waals surface area contributed by atoms with Crippen LogP contribution in [-0.2, 0) is 20.5 Å². The molecule has 0 aliphatic carbocycles. The minimum Gasteiger partial charge on any atom is -0.481 e. The van der Waals surface area contributed by atoms with Crippen molar-refractivity contribution in [1.82, 2.24) is 4.90 Å². The first-order valence-electron chi connectivity index (χ1n) is 9.08. The molecular weight excluding hydrogens is 474 g/mol. The molecule has 0 saturated carbocycles. The number of amides is 1. The second-order valence-corrected chi connectivity index (χ2v) is 8.16. The Labute approximate surface area is 188 Å². The SMILES string of the molecule is O=C(O)CCOCCN1C(=O)/C(=C/c2ccc(-c3ccc(F)c(C(F)(F)F)c3)o2)SC1=S. The maximum absolute atomic E-state index is 13.5. The summed E-state index contributed by atoms with van der Waals surface area (Å²) in [5, 5.41) is 8.57. The predicted octanol–water partition coefficient (Wildman–Crippen LogP) is 4.80. The van der Waals surface area contributed by atoms with Gasteiger partial charge < -0.3 is 14.3 Å². The average molecular weight is 489 g/mol. The molecule has 1 fully saturated rings.